The number of hydrogen-bond donors (Lipinski definition) is 2. The van der Waals surface area contributed by atoms with Gasteiger partial charge in [-0.05, 0) is 62.0 Å². The molecule has 0 atom stereocenters. The third-order valence-corrected chi connectivity index (χ3v) is 5.51. The molecule has 0 unspecified atom stereocenters. The molecular formula is C19H17BrCl2N4S. The number of halogens is 3. The van der Waals surface area contributed by atoms with Gasteiger partial charge in [-0.15, -0.1) is 0 Å². The first kappa shape index (κ1) is 20.1. The summed E-state index contributed by atoms with van der Waals surface area (Å²) in [6, 6.07) is 13.5. The summed E-state index contributed by atoms with van der Waals surface area (Å²) in [6.45, 7) is 4.66. The number of nitrogens with one attached hydrogen (secondary N) is 2. The Labute approximate surface area is 182 Å². The van der Waals surface area contributed by atoms with Gasteiger partial charge in [0.25, 0.3) is 0 Å². The quantitative estimate of drug-likeness (QED) is 0.419. The predicted octanol–water partition coefficient (Wildman–Crippen LogP) is 6.43. The third-order valence-electron chi connectivity index (χ3n) is 4.04. The Morgan fingerprint density at radius 2 is 1.78 bits per heavy atom. The van der Waals surface area contributed by atoms with Crippen molar-refractivity contribution >= 4 is 67.8 Å². The Hall–Kier alpha value is -1.60. The molecule has 8 heteroatoms. The van der Waals surface area contributed by atoms with Crippen molar-refractivity contribution in [2.45, 2.75) is 20.4 Å². The molecule has 0 aliphatic carbocycles. The van der Waals surface area contributed by atoms with E-state index in [0.29, 0.717) is 21.7 Å². The molecule has 0 aliphatic rings. The van der Waals surface area contributed by atoms with Crippen molar-refractivity contribution in [3.05, 3.63) is 73.9 Å². The Morgan fingerprint density at radius 3 is 2.44 bits per heavy atom. The van der Waals surface area contributed by atoms with E-state index in [-0.39, 0.29) is 0 Å². The normalized spacial score (nSPS) is 10.7. The summed E-state index contributed by atoms with van der Waals surface area (Å²) in [4.78, 5) is 0. The first-order chi connectivity index (χ1) is 12.8. The predicted molar refractivity (Wildman–Crippen MR) is 121 cm³/mol. The van der Waals surface area contributed by atoms with Crippen LogP contribution in [-0.4, -0.2) is 14.9 Å². The topological polar surface area (TPSA) is 41.9 Å². The number of nitrogens with zero attached hydrogens (tertiary/aromatic N) is 2. The van der Waals surface area contributed by atoms with E-state index in [1.165, 1.54) is 5.56 Å². The van der Waals surface area contributed by atoms with Crippen LogP contribution in [0.5, 0.6) is 0 Å². The standard InChI is InChI=1S/C19H17BrCl2N4S/c1-11-18(24-19(27)23-15-7-8-16(21)17(22)9-15)12(2)26(25-11)10-13-3-5-14(20)6-4-13/h3-9H,10H2,1-2H3,(H2,23,24,27). The smallest absolute Gasteiger partial charge is 0.175 e. The molecule has 0 spiro atoms. The Kier molecular flexibility index (Phi) is 6.42. The molecule has 27 heavy (non-hydrogen) atoms. The fourth-order valence-electron chi connectivity index (χ4n) is 2.64. The molecule has 0 radical (unpaired) electrons. The molecule has 0 aliphatic heterocycles. The lowest BCUT2D eigenvalue weighted by atomic mass is 10.2. The summed E-state index contributed by atoms with van der Waals surface area (Å²) in [6.07, 6.45) is 0. The zero-order valence-corrected chi connectivity index (χ0v) is 18.6. The molecule has 3 rings (SSSR count). The summed E-state index contributed by atoms with van der Waals surface area (Å²) in [5, 5.41) is 12.4. The molecular weight excluding hydrogens is 467 g/mol. The second-order valence-corrected chi connectivity index (χ2v) is 8.18. The van der Waals surface area contributed by atoms with Crippen molar-refractivity contribution in [2.75, 3.05) is 10.6 Å². The van der Waals surface area contributed by atoms with E-state index in [1.807, 2.05) is 36.7 Å². The van der Waals surface area contributed by atoms with Crippen LogP contribution in [0.25, 0.3) is 0 Å². The van der Waals surface area contributed by atoms with Gasteiger partial charge < -0.3 is 10.6 Å². The molecule has 140 valence electrons. The molecule has 2 N–H and O–H groups in total. The number of benzene rings is 2. The van der Waals surface area contributed by atoms with Gasteiger partial charge in [-0.1, -0.05) is 51.3 Å². The van der Waals surface area contributed by atoms with Gasteiger partial charge in [0.2, 0.25) is 0 Å². The average molecular weight is 484 g/mol. The van der Waals surface area contributed by atoms with Crippen molar-refractivity contribution in [2.24, 2.45) is 0 Å². The minimum atomic E-state index is 0.461. The van der Waals surface area contributed by atoms with Gasteiger partial charge in [-0.2, -0.15) is 5.10 Å². The van der Waals surface area contributed by atoms with E-state index in [0.717, 1.165) is 27.2 Å². The molecule has 4 nitrogen and oxygen atoms in total. The van der Waals surface area contributed by atoms with Gasteiger partial charge in [0.15, 0.2) is 5.11 Å². The lowest BCUT2D eigenvalue weighted by Gasteiger charge is -2.12. The van der Waals surface area contributed by atoms with Crippen molar-refractivity contribution in [1.82, 2.24) is 9.78 Å². The molecule has 2 aromatic carbocycles. The van der Waals surface area contributed by atoms with Gasteiger partial charge in [0.05, 0.1) is 33.7 Å². The second-order valence-electron chi connectivity index (χ2n) is 6.04. The molecule has 0 saturated heterocycles. The summed E-state index contributed by atoms with van der Waals surface area (Å²) >= 11 is 20.9. The fourth-order valence-corrected chi connectivity index (χ4v) is 3.43. The zero-order chi connectivity index (χ0) is 19.6. The zero-order valence-electron chi connectivity index (χ0n) is 14.7. The molecule has 0 amide bonds. The molecule has 0 fully saturated rings. The summed E-state index contributed by atoms with van der Waals surface area (Å²) in [7, 11) is 0. The van der Waals surface area contributed by atoms with Crippen LogP contribution in [0.2, 0.25) is 10.0 Å². The number of aryl methyl sites for hydroxylation is 1. The Bertz CT molecular complexity index is 986. The second kappa shape index (κ2) is 8.61. The van der Waals surface area contributed by atoms with Gasteiger partial charge >= 0.3 is 0 Å². The van der Waals surface area contributed by atoms with Gasteiger partial charge in [0.1, 0.15) is 0 Å². The third kappa shape index (κ3) is 5.02. The largest absolute Gasteiger partial charge is 0.332 e. The van der Waals surface area contributed by atoms with Gasteiger partial charge in [-0.25, -0.2) is 0 Å². The molecule has 1 aromatic heterocycles. The highest BCUT2D eigenvalue weighted by Gasteiger charge is 2.13. The maximum Gasteiger partial charge on any atom is 0.175 e. The highest BCUT2D eigenvalue weighted by Crippen LogP contribution is 2.26. The van der Waals surface area contributed by atoms with Crippen LogP contribution in [0.3, 0.4) is 0 Å². The highest BCUT2D eigenvalue weighted by molar-refractivity contribution is 9.10. The van der Waals surface area contributed by atoms with Crippen LogP contribution in [0, 0.1) is 13.8 Å². The monoisotopic (exact) mass is 482 g/mol. The van der Waals surface area contributed by atoms with Gasteiger partial charge in [-0.3, -0.25) is 4.68 Å². The van der Waals surface area contributed by atoms with Crippen molar-refractivity contribution in [3.8, 4) is 0 Å². The van der Waals surface area contributed by atoms with Crippen LogP contribution in [-0.2, 0) is 6.54 Å². The summed E-state index contributed by atoms with van der Waals surface area (Å²) in [5.74, 6) is 0. The average Bonchev–Trinajstić information content (AvgIpc) is 2.87. The van der Waals surface area contributed by atoms with Crippen LogP contribution in [0.1, 0.15) is 17.0 Å². The van der Waals surface area contributed by atoms with E-state index < -0.39 is 0 Å². The van der Waals surface area contributed by atoms with E-state index in [2.05, 4.69) is 43.8 Å². The molecule has 0 bridgehead atoms. The van der Waals surface area contributed by atoms with E-state index in [9.17, 15) is 0 Å². The van der Waals surface area contributed by atoms with Crippen molar-refractivity contribution in [3.63, 3.8) is 0 Å². The van der Waals surface area contributed by atoms with Crippen LogP contribution >= 0.6 is 51.3 Å². The number of aromatic nitrogens is 2. The minimum absolute atomic E-state index is 0.461. The molecule has 3 aromatic rings. The van der Waals surface area contributed by atoms with E-state index >= 15 is 0 Å². The Balaban J connectivity index is 1.72. The minimum Gasteiger partial charge on any atom is -0.332 e. The molecule has 1 heterocycles. The first-order valence-electron chi connectivity index (χ1n) is 8.15. The van der Waals surface area contributed by atoms with Crippen molar-refractivity contribution < 1.29 is 0 Å². The first-order valence-corrected chi connectivity index (χ1v) is 10.1. The number of anilines is 2. The van der Waals surface area contributed by atoms with Gasteiger partial charge in [0, 0.05) is 10.2 Å². The van der Waals surface area contributed by atoms with Crippen LogP contribution < -0.4 is 10.6 Å². The maximum atomic E-state index is 6.05. The number of thiocarbonyl (C=S) groups is 1. The Morgan fingerprint density at radius 1 is 1.07 bits per heavy atom. The summed E-state index contributed by atoms with van der Waals surface area (Å²) in [5.41, 5.74) is 4.72. The van der Waals surface area contributed by atoms with E-state index in [1.54, 1.807) is 12.1 Å². The fraction of sp³-hybridized carbons (Fsp3) is 0.158. The highest BCUT2D eigenvalue weighted by atomic mass is 79.9. The van der Waals surface area contributed by atoms with Crippen LogP contribution in [0.15, 0.2) is 46.9 Å². The maximum absolute atomic E-state index is 6.05. The van der Waals surface area contributed by atoms with Crippen molar-refractivity contribution in [1.29, 1.82) is 0 Å². The summed E-state index contributed by atoms with van der Waals surface area (Å²) < 4.78 is 3.02. The number of rotatable bonds is 4. The number of hydrogen-bond acceptors (Lipinski definition) is 2. The lowest BCUT2D eigenvalue weighted by Crippen LogP contribution is -2.20. The lowest BCUT2D eigenvalue weighted by molar-refractivity contribution is 0.659. The molecule has 0 saturated carbocycles. The SMILES string of the molecule is Cc1nn(Cc2ccc(Br)cc2)c(C)c1NC(=S)Nc1ccc(Cl)c(Cl)c1. The van der Waals surface area contributed by atoms with E-state index in [4.69, 9.17) is 35.4 Å². The van der Waals surface area contributed by atoms with Crippen LogP contribution in [0.4, 0.5) is 11.4 Å².